The van der Waals surface area contributed by atoms with E-state index in [-0.39, 0.29) is 0 Å². The number of aromatic carboxylic acids is 1. The lowest BCUT2D eigenvalue weighted by Crippen LogP contribution is -2.09. The summed E-state index contributed by atoms with van der Waals surface area (Å²) >= 11 is 1.77. The minimum absolute atomic E-state index is 0.298. The first-order valence-electron chi connectivity index (χ1n) is 3.62. The van der Waals surface area contributed by atoms with E-state index >= 15 is 0 Å². The molecule has 3 nitrogen and oxygen atoms in total. The van der Waals surface area contributed by atoms with Gasteiger partial charge in [-0.2, -0.15) is 0 Å². The first kappa shape index (κ1) is 11.3. The van der Waals surface area contributed by atoms with E-state index in [1.807, 2.05) is 0 Å². The average Bonchev–Trinajstić information content (AvgIpc) is 2.01. The molecule has 1 aromatic heterocycles. The molecule has 0 bridgehead atoms. The summed E-state index contributed by atoms with van der Waals surface area (Å²) in [5.41, 5.74) is -0.769. The number of hydrogen-bond acceptors (Lipinski definition) is 2. The van der Waals surface area contributed by atoms with E-state index in [2.05, 4.69) is 4.98 Å². The molecule has 0 aliphatic carbocycles. The second-order valence-corrected chi connectivity index (χ2v) is 3.73. The van der Waals surface area contributed by atoms with E-state index in [0.29, 0.717) is 9.26 Å². The van der Waals surface area contributed by atoms with Crippen molar-refractivity contribution in [2.45, 2.75) is 13.3 Å². The van der Waals surface area contributed by atoms with E-state index in [4.69, 9.17) is 5.11 Å². The van der Waals surface area contributed by atoms with Crippen molar-refractivity contribution < 1.29 is 18.7 Å². The van der Waals surface area contributed by atoms with Crippen LogP contribution in [0.2, 0.25) is 0 Å². The summed E-state index contributed by atoms with van der Waals surface area (Å²) < 4.78 is 25.2. The van der Waals surface area contributed by atoms with Gasteiger partial charge in [0, 0.05) is 0 Å². The fourth-order valence-corrected chi connectivity index (χ4v) is 1.82. The third-order valence-electron chi connectivity index (χ3n) is 1.63. The number of alkyl halides is 2. The van der Waals surface area contributed by atoms with Gasteiger partial charge in [-0.1, -0.05) is 0 Å². The zero-order valence-electron chi connectivity index (χ0n) is 7.09. The molecule has 1 heterocycles. The summed E-state index contributed by atoms with van der Waals surface area (Å²) in [4.78, 5) is 14.2. The minimum atomic E-state index is -2.87. The molecule has 0 atom stereocenters. The van der Waals surface area contributed by atoms with Gasteiger partial charge < -0.3 is 5.11 Å². The van der Waals surface area contributed by atoms with Crippen molar-refractivity contribution in [3.05, 3.63) is 26.6 Å². The lowest BCUT2D eigenvalue weighted by molar-refractivity contribution is 0.0681. The van der Waals surface area contributed by atoms with Crippen molar-refractivity contribution in [1.82, 2.24) is 4.98 Å². The van der Waals surface area contributed by atoms with Gasteiger partial charge in [0.2, 0.25) is 0 Å². The molecule has 0 saturated carbocycles. The molecule has 0 aromatic carbocycles. The predicted molar refractivity (Wildman–Crippen MR) is 53.6 cm³/mol. The summed E-state index contributed by atoms with van der Waals surface area (Å²) in [6.07, 6.45) is -2.87. The third-order valence-corrected chi connectivity index (χ3v) is 2.19. The zero-order chi connectivity index (χ0) is 10.9. The van der Waals surface area contributed by atoms with Gasteiger partial charge in [-0.3, -0.25) is 0 Å². The Bertz CT molecular complexity index is 382. The summed E-state index contributed by atoms with van der Waals surface area (Å²) in [5.74, 6) is -1.37. The summed E-state index contributed by atoms with van der Waals surface area (Å²) in [7, 11) is 0. The van der Waals surface area contributed by atoms with Crippen LogP contribution in [0.5, 0.6) is 0 Å². The Morgan fingerprint density at radius 1 is 1.64 bits per heavy atom. The second-order valence-electron chi connectivity index (χ2n) is 2.63. The Morgan fingerprint density at radius 3 is 2.64 bits per heavy atom. The third kappa shape index (κ3) is 2.17. The largest absolute Gasteiger partial charge is 0.478 e. The number of nitrogens with zero attached hydrogens (tertiary/aromatic N) is 1. The van der Waals surface area contributed by atoms with Gasteiger partial charge in [0.1, 0.15) is 9.39 Å². The molecule has 0 fully saturated rings. The number of halogens is 3. The van der Waals surface area contributed by atoms with Crippen molar-refractivity contribution in [3.8, 4) is 0 Å². The Kier molecular flexibility index (Phi) is 3.35. The number of pyridine rings is 1. The van der Waals surface area contributed by atoms with Crippen LogP contribution in [-0.2, 0) is 0 Å². The summed E-state index contributed by atoms with van der Waals surface area (Å²) in [5, 5.41) is 8.71. The van der Waals surface area contributed by atoms with Crippen molar-refractivity contribution in [1.29, 1.82) is 0 Å². The molecule has 1 aromatic rings. The van der Waals surface area contributed by atoms with E-state index < -0.39 is 23.7 Å². The number of rotatable bonds is 2. The SMILES string of the molecule is Cc1cc(I)nc(C(F)F)c1C(=O)O. The molecule has 14 heavy (non-hydrogen) atoms. The number of carboxylic acids is 1. The van der Waals surface area contributed by atoms with Crippen LogP contribution < -0.4 is 0 Å². The predicted octanol–water partition coefficient (Wildman–Crippen LogP) is 2.63. The van der Waals surface area contributed by atoms with Gasteiger partial charge in [0.15, 0.2) is 0 Å². The molecule has 1 rings (SSSR count). The summed E-state index contributed by atoms with van der Waals surface area (Å²) in [6, 6.07) is 1.45. The maximum atomic E-state index is 12.4. The fourth-order valence-electron chi connectivity index (χ4n) is 1.09. The van der Waals surface area contributed by atoms with Crippen LogP contribution in [0.25, 0.3) is 0 Å². The zero-order valence-corrected chi connectivity index (χ0v) is 9.25. The Morgan fingerprint density at radius 2 is 2.21 bits per heavy atom. The maximum absolute atomic E-state index is 12.4. The Hall–Kier alpha value is -0.790. The first-order chi connectivity index (χ1) is 6.43. The smallest absolute Gasteiger partial charge is 0.338 e. The van der Waals surface area contributed by atoms with Crippen LogP contribution in [0.15, 0.2) is 6.07 Å². The van der Waals surface area contributed by atoms with Gasteiger partial charge in [-0.15, -0.1) is 0 Å². The molecule has 6 heteroatoms. The Labute approximate surface area is 92.3 Å². The van der Waals surface area contributed by atoms with Crippen LogP contribution in [-0.4, -0.2) is 16.1 Å². The Balaban J connectivity index is 3.44. The number of carbonyl (C=O) groups is 1. The fraction of sp³-hybridized carbons (Fsp3) is 0.250. The quantitative estimate of drug-likeness (QED) is 0.674. The maximum Gasteiger partial charge on any atom is 0.338 e. The molecule has 1 N–H and O–H groups in total. The van der Waals surface area contributed by atoms with Crippen LogP contribution >= 0.6 is 22.6 Å². The standard InChI is InChI=1S/C8H6F2INO2/c1-3-2-4(11)12-6(7(9)10)5(3)8(13)14/h2,7H,1H3,(H,13,14). The van der Waals surface area contributed by atoms with Gasteiger partial charge in [-0.05, 0) is 41.1 Å². The molecule has 0 saturated heterocycles. The van der Waals surface area contributed by atoms with Gasteiger partial charge >= 0.3 is 5.97 Å². The van der Waals surface area contributed by atoms with Gasteiger partial charge in [0.25, 0.3) is 6.43 Å². The van der Waals surface area contributed by atoms with Crippen molar-refractivity contribution >= 4 is 28.6 Å². The highest BCUT2D eigenvalue weighted by Gasteiger charge is 2.22. The lowest BCUT2D eigenvalue weighted by atomic mass is 10.1. The normalized spacial score (nSPS) is 10.6. The molecule has 0 amide bonds. The van der Waals surface area contributed by atoms with Crippen LogP contribution in [0, 0.1) is 10.6 Å². The molecule has 0 spiro atoms. The molecule has 0 radical (unpaired) electrons. The van der Waals surface area contributed by atoms with Crippen molar-refractivity contribution in [2.75, 3.05) is 0 Å². The number of hydrogen-bond donors (Lipinski definition) is 1. The molecule has 0 aliphatic rings. The molecule has 0 aliphatic heterocycles. The lowest BCUT2D eigenvalue weighted by Gasteiger charge is -2.07. The monoisotopic (exact) mass is 313 g/mol. The van der Waals surface area contributed by atoms with Gasteiger partial charge in [-0.25, -0.2) is 18.6 Å². The van der Waals surface area contributed by atoms with E-state index in [0.717, 1.165) is 0 Å². The van der Waals surface area contributed by atoms with Gasteiger partial charge in [0.05, 0.1) is 5.56 Å². The topological polar surface area (TPSA) is 50.2 Å². The van der Waals surface area contributed by atoms with Crippen LogP contribution in [0.4, 0.5) is 8.78 Å². The van der Waals surface area contributed by atoms with E-state index in [9.17, 15) is 13.6 Å². The molecular weight excluding hydrogens is 307 g/mol. The van der Waals surface area contributed by atoms with Crippen LogP contribution in [0.3, 0.4) is 0 Å². The minimum Gasteiger partial charge on any atom is -0.478 e. The number of aromatic nitrogens is 1. The van der Waals surface area contributed by atoms with E-state index in [1.54, 1.807) is 22.6 Å². The number of aryl methyl sites for hydroxylation is 1. The second kappa shape index (κ2) is 4.16. The average molecular weight is 313 g/mol. The van der Waals surface area contributed by atoms with Crippen LogP contribution in [0.1, 0.15) is 28.0 Å². The molecular formula is C8H6F2INO2. The highest BCUT2D eigenvalue weighted by molar-refractivity contribution is 14.1. The van der Waals surface area contributed by atoms with Crippen molar-refractivity contribution in [2.24, 2.45) is 0 Å². The summed E-state index contributed by atoms with van der Waals surface area (Å²) in [6.45, 7) is 1.47. The highest BCUT2D eigenvalue weighted by atomic mass is 127. The first-order valence-corrected chi connectivity index (χ1v) is 4.70. The molecule has 0 unspecified atom stereocenters. The highest BCUT2D eigenvalue weighted by Crippen LogP contribution is 2.24. The van der Waals surface area contributed by atoms with Crippen molar-refractivity contribution in [3.63, 3.8) is 0 Å². The number of carboxylic acid groups (broad SMARTS) is 1. The molecule has 76 valence electrons. The van der Waals surface area contributed by atoms with E-state index in [1.165, 1.54) is 13.0 Å².